The molecule has 1 fully saturated rings. The third-order valence-electron chi connectivity index (χ3n) is 3.48. The van der Waals surface area contributed by atoms with Crippen molar-refractivity contribution in [3.63, 3.8) is 0 Å². The van der Waals surface area contributed by atoms with E-state index in [2.05, 4.69) is 12.6 Å². The summed E-state index contributed by atoms with van der Waals surface area (Å²) in [7, 11) is 0. The lowest BCUT2D eigenvalue weighted by Gasteiger charge is -2.32. The molecule has 1 aliphatic carbocycles. The zero-order valence-electron chi connectivity index (χ0n) is 9.29. The second-order valence-electron chi connectivity index (χ2n) is 4.66. The fraction of sp³-hybridized carbons (Fsp3) is 0.538. The average Bonchev–Trinajstić information content (AvgIpc) is 2.26. The second kappa shape index (κ2) is 4.97. The van der Waals surface area contributed by atoms with Crippen LogP contribution in [-0.2, 0) is 0 Å². The first kappa shape index (κ1) is 12.3. The van der Waals surface area contributed by atoms with Crippen molar-refractivity contribution in [3.05, 3.63) is 28.8 Å². The van der Waals surface area contributed by atoms with Crippen molar-refractivity contribution < 1.29 is 4.39 Å². The van der Waals surface area contributed by atoms with E-state index in [1.54, 1.807) is 0 Å². The summed E-state index contributed by atoms with van der Waals surface area (Å²) in [4.78, 5) is 0.852. The Morgan fingerprint density at radius 3 is 2.88 bits per heavy atom. The topological polar surface area (TPSA) is 0 Å². The molecule has 1 aliphatic rings. The molecule has 2 rings (SSSR count). The molecule has 0 heterocycles. The summed E-state index contributed by atoms with van der Waals surface area (Å²) < 4.78 is 14.2. The molecule has 1 aromatic carbocycles. The molecule has 0 N–H and O–H groups in total. The van der Waals surface area contributed by atoms with Gasteiger partial charge in [-0.1, -0.05) is 24.9 Å². The molecule has 0 radical (unpaired) electrons. The molecule has 3 unspecified atom stereocenters. The standard InChI is InChI=1S/C13H16ClFS/c1-8-3-2-4-10(13(8)15)11-7-9(16)5-6-12(11)14/h5-8,10,13,16H,2-4H2,1H3. The molecule has 1 aromatic rings. The number of benzene rings is 1. The van der Waals surface area contributed by atoms with E-state index in [1.807, 2.05) is 25.1 Å². The molecule has 0 saturated heterocycles. The van der Waals surface area contributed by atoms with Crippen LogP contribution in [0.3, 0.4) is 0 Å². The summed E-state index contributed by atoms with van der Waals surface area (Å²) in [5.41, 5.74) is 0.924. The number of halogens is 2. The van der Waals surface area contributed by atoms with Crippen LogP contribution in [0.2, 0.25) is 5.02 Å². The molecule has 0 spiro atoms. The first-order valence-corrected chi connectivity index (χ1v) is 6.54. The monoisotopic (exact) mass is 258 g/mol. The van der Waals surface area contributed by atoms with Crippen molar-refractivity contribution in [2.75, 3.05) is 0 Å². The van der Waals surface area contributed by atoms with Gasteiger partial charge in [0.05, 0.1) is 0 Å². The van der Waals surface area contributed by atoms with Crippen LogP contribution in [0.1, 0.15) is 37.7 Å². The summed E-state index contributed by atoms with van der Waals surface area (Å²) in [6, 6.07) is 5.56. The fourth-order valence-corrected chi connectivity index (χ4v) is 2.99. The molecule has 16 heavy (non-hydrogen) atoms. The first-order chi connectivity index (χ1) is 7.59. The maximum Gasteiger partial charge on any atom is 0.110 e. The first-order valence-electron chi connectivity index (χ1n) is 5.72. The van der Waals surface area contributed by atoms with Crippen LogP contribution < -0.4 is 0 Å². The van der Waals surface area contributed by atoms with Gasteiger partial charge in [-0.2, -0.15) is 0 Å². The van der Waals surface area contributed by atoms with Crippen LogP contribution in [0.25, 0.3) is 0 Å². The zero-order chi connectivity index (χ0) is 11.7. The van der Waals surface area contributed by atoms with Crippen molar-refractivity contribution in [3.8, 4) is 0 Å². The van der Waals surface area contributed by atoms with Gasteiger partial charge < -0.3 is 0 Å². The molecule has 0 bridgehead atoms. The van der Waals surface area contributed by atoms with Crippen LogP contribution in [-0.4, -0.2) is 6.17 Å². The van der Waals surface area contributed by atoms with Gasteiger partial charge in [0.2, 0.25) is 0 Å². The second-order valence-corrected chi connectivity index (χ2v) is 5.59. The van der Waals surface area contributed by atoms with E-state index in [9.17, 15) is 4.39 Å². The van der Waals surface area contributed by atoms with Crippen LogP contribution in [0.4, 0.5) is 4.39 Å². The van der Waals surface area contributed by atoms with Crippen LogP contribution in [0, 0.1) is 5.92 Å². The van der Waals surface area contributed by atoms with Gasteiger partial charge in [0.25, 0.3) is 0 Å². The van der Waals surface area contributed by atoms with Gasteiger partial charge in [-0.3, -0.25) is 0 Å². The van der Waals surface area contributed by atoms with Gasteiger partial charge in [0.15, 0.2) is 0 Å². The lowest BCUT2D eigenvalue weighted by Crippen LogP contribution is -2.26. The lowest BCUT2D eigenvalue weighted by atomic mass is 9.77. The largest absolute Gasteiger partial charge is 0.247 e. The molecule has 3 atom stereocenters. The quantitative estimate of drug-likeness (QED) is 0.683. The van der Waals surface area contributed by atoms with E-state index in [1.165, 1.54) is 0 Å². The normalized spacial score (nSPS) is 30.4. The average molecular weight is 259 g/mol. The van der Waals surface area contributed by atoms with Crippen molar-refractivity contribution in [2.24, 2.45) is 5.92 Å². The van der Waals surface area contributed by atoms with Crippen molar-refractivity contribution in [1.82, 2.24) is 0 Å². The Morgan fingerprint density at radius 2 is 2.12 bits per heavy atom. The minimum Gasteiger partial charge on any atom is -0.247 e. The Bertz CT molecular complexity index is 380. The van der Waals surface area contributed by atoms with E-state index >= 15 is 0 Å². The van der Waals surface area contributed by atoms with Gasteiger partial charge in [0, 0.05) is 15.8 Å². The van der Waals surface area contributed by atoms with Gasteiger partial charge in [-0.05, 0) is 42.5 Å². The maximum atomic E-state index is 14.2. The lowest BCUT2D eigenvalue weighted by molar-refractivity contribution is 0.151. The van der Waals surface area contributed by atoms with Crippen molar-refractivity contribution in [2.45, 2.75) is 43.2 Å². The highest BCUT2D eigenvalue weighted by Gasteiger charge is 2.32. The Morgan fingerprint density at radius 1 is 1.38 bits per heavy atom. The Hall–Kier alpha value is -0.210. The Labute approximate surface area is 107 Å². The third kappa shape index (κ3) is 2.38. The van der Waals surface area contributed by atoms with E-state index < -0.39 is 6.17 Å². The van der Waals surface area contributed by atoms with E-state index in [0.717, 1.165) is 29.7 Å². The minimum atomic E-state index is -0.776. The maximum absolute atomic E-state index is 14.2. The Balaban J connectivity index is 2.31. The highest BCUT2D eigenvalue weighted by molar-refractivity contribution is 7.80. The molecule has 0 aromatic heterocycles. The van der Waals surface area contributed by atoms with Gasteiger partial charge >= 0.3 is 0 Å². The molecular formula is C13H16ClFS. The number of rotatable bonds is 1. The smallest absolute Gasteiger partial charge is 0.110 e. The zero-order valence-corrected chi connectivity index (χ0v) is 10.9. The molecule has 1 saturated carbocycles. The van der Waals surface area contributed by atoms with Crippen LogP contribution >= 0.6 is 24.2 Å². The van der Waals surface area contributed by atoms with Gasteiger partial charge in [-0.25, -0.2) is 4.39 Å². The predicted molar refractivity (Wildman–Crippen MR) is 69.4 cm³/mol. The number of alkyl halides is 1. The molecular weight excluding hydrogens is 243 g/mol. The van der Waals surface area contributed by atoms with E-state index in [4.69, 9.17) is 11.6 Å². The summed E-state index contributed by atoms with van der Waals surface area (Å²) in [6.07, 6.45) is 2.18. The van der Waals surface area contributed by atoms with E-state index in [-0.39, 0.29) is 11.8 Å². The van der Waals surface area contributed by atoms with Gasteiger partial charge in [0.1, 0.15) is 6.17 Å². The van der Waals surface area contributed by atoms with Gasteiger partial charge in [-0.15, -0.1) is 12.6 Å². The molecule has 3 heteroatoms. The van der Waals surface area contributed by atoms with E-state index in [0.29, 0.717) is 5.02 Å². The van der Waals surface area contributed by atoms with Crippen molar-refractivity contribution >= 4 is 24.2 Å². The highest BCUT2D eigenvalue weighted by Crippen LogP contribution is 2.41. The minimum absolute atomic E-state index is 0.0525. The third-order valence-corrected chi connectivity index (χ3v) is 4.10. The van der Waals surface area contributed by atoms with Crippen LogP contribution in [0.15, 0.2) is 23.1 Å². The number of hydrogen-bond donors (Lipinski definition) is 1. The summed E-state index contributed by atoms with van der Waals surface area (Å²) in [6.45, 7) is 1.98. The van der Waals surface area contributed by atoms with Crippen LogP contribution in [0.5, 0.6) is 0 Å². The molecule has 0 amide bonds. The predicted octanol–water partition coefficient (Wildman–Crippen LogP) is 4.87. The summed E-state index contributed by atoms with van der Waals surface area (Å²) in [5, 5.41) is 0.666. The Kier molecular flexibility index (Phi) is 3.81. The molecule has 0 nitrogen and oxygen atoms in total. The number of hydrogen-bond acceptors (Lipinski definition) is 1. The summed E-state index contributed by atoms with van der Waals surface area (Å²) in [5.74, 6) is 0.0849. The summed E-state index contributed by atoms with van der Waals surface area (Å²) >= 11 is 10.4. The molecule has 88 valence electrons. The SMILES string of the molecule is CC1CCCC(c2cc(S)ccc2Cl)C1F. The number of thiol groups is 1. The molecule has 0 aliphatic heterocycles. The van der Waals surface area contributed by atoms with Crippen molar-refractivity contribution in [1.29, 1.82) is 0 Å². The fourth-order valence-electron chi connectivity index (χ4n) is 2.52. The highest BCUT2D eigenvalue weighted by atomic mass is 35.5.